The largest absolute Gasteiger partial charge is 0.490 e. The molecule has 4 nitrogen and oxygen atoms in total. The van der Waals surface area contributed by atoms with E-state index in [0.717, 1.165) is 14.9 Å². The van der Waals surface area contributed by atoms with E-state index >= 15 is 0 Å². The Bertz CT molecular complexity index is 367. The number of carboxylic acids is 1. The summed E-state index contributed by atoms with van der Waals surface area (Å²) in [5.74, 6) is -0.202. The summed E-state index contributed by atoms with van der Waals surface area (Å²) < 4.78 is 11.2. The highest BCUT2D eigenvalue weighted by Gasteiger charge is 2.11. The normalized spacial score (nSPS) is 10.2. The van der Waals surface area contributed by atoms with E-state index in [1.165, 1.54) is 0 Å². The first-order valence-corrected chi connectivity index (χ1v) is 5.79. The van der Waals surface area contributed by atoms with E-state index in [4.69, 9.17) is 14.6 Å². The van der Waals surface area contributed by atoms with E-state index in [1.54, 1.807) is 19.2 Å². The zero-order valence-corrected chi connectivity index (χ0v) is 11.3. The third-order valence-electron chi connectivity index (χ3n) is 2.01. The summed E-state index contributed by atoms with van der Waals surface area (Å²) in [5, 5.41) is 8.87. The maximum absolute atomic E-state index is 10.8. The molecule has 0 aliphatic heterocycles. The topological polar surface area (TPSA) is 55.8 Å². The van der Waals surface area contributed by atoms with Gasteiger partial charge in [-0.1, -0.05) is 0 Å². The van der Waals surface area contributed by atoms with Gasteiger partial charge < -0.3 is 14.6 Å². The first kappa shape index (κ1) is 13.2. The number of ether oxygens (including phenoxy) is 2. The molecule has 0 heterocycles. The Labute approximate surface area is 108 Å². The molecule has 5 heteroatoms. The molecule has 16 heavy (non-hydrogen) atoms. The Morgan fingerprint density at radius 1 is 1.44 bits per heavy atom. The number of hydrogen-bond donors (Lipinski definition) is 1. The highest BCUT2D eigenvalue weighted by atomic mass is 127. The van der Waals surface area contributed by atoms with Gasteiger partial charge in [-0.2, -0.15) is 0 Å². The summed E-state index contributed by atoms with van der Waals surface area (Å²) in [7, 11) is 1.61. The van der Waals surface area contributed by atoms with Crippen molar-refractivity contribution in [3.8, 4) is 5.75 Å². The average Bonchev–Trinajstić information content (AvgIpc) is 2.21. The maximum atomic E-state index is 10.8. The minimum atomic E-state index is -0.926. The van der Waals surface area contributed by atoms with Crippen LogP contribution in [0.1, 0.15) is 15.9 Å². The molecular weight excluding hydrogens is 323 g/mol. The van der Waals surface area contributed by atoms with Gasteiger partial charge in [-0.25, -0.2) is 4.79 Å². The van der Waals surface area contributed by atoms with Crippen LogP contribution in [0.15, 0.2) is 12.1 Å². The van der Waals surface area contributed by atoms with Gasteiger partial charge in [0.15, 0.2) is 0 Å². The van der Waals surface area contributed by atoms with Gasteiger partial charge in [0.2, 0.25) is 0 Å². The predicted molar refractivity (Wildman–Crippen MR) is 68.2 cm³/mol. The number of benzene rings is 1. The zero-order valence-electron chi connectivity index (χ0n) is 9.12. The van der Waals surface area contributed by atoms with Crippen molar-refractivity contribution in [1.29, 1.82) is 0 Å². The number of carbonyl (C=O) groups is 1. The number of hydrogen-bond acceptors (Lipinski definition) is 3. The van der Waals surface area contributed by atoms with Gasteiger partial charge in [0.05, 0.1) is 15.7 Å². The summed E-state index contributed by atoms with van der Waals surface area (Å²) >= 11 is 2.07. The van der Waals surface area contributed by atoms with Gasteiger partial charge in [0, 0.05) is 7.11 Å². The fourth-order valence-electron chi connectivity index (χ4n) is 1.26. The van der Waals surface area contributed by atoms with Gasteiger partial charge in [-0.3, -0.25) is 0 Å². The summed E-state index contributed by atoms with van der Waals surface area (Å²) in [6.07, 6.45) is 0. The summed E-state index contributed by atoms with van der Waals surface area (Å²) in [4.78, 5) is 10.8. The van der Waals surface area contributed by atoms with Crippen LogP contribution in [-0.4, -0.2) is 31.4 Å². The predicted octanol–water partition coefficient (Wildman–Crippen LogP) is 2.32. The third kappa shape index (κ3) is 3.34. The molecule has 0 aromatic heterocycles. The van der Waals surface area contributed by atoms with Crippen LogP contribution in [0.3, 0.4) is 0 Å². The van der Waals surface area contributed by atoms with Crippen LogP contribution in [0.25, 0.3) is 0 Å². The van der Waals surface area contributed by atoms with Crippen molar-refractivity contribution in [2.45, 2.75) is 6.92 Å². The second kappa shape index (κ2) is 6.05. The molecular formula is C11H13IO4. The van der Waals surface area contributed by atoms with E-state index in [9.17, 15) is 4.79 Å². The van der Waals surface area contributed by atoms with Gasteiger partial charge >= 0.3 is 5.97 Å². The zero-order chi connectivity index (χ0) is 12.1. The smallest absolute Gasteiger partial charge is 0.335 e. The first-order chi connectivity index (χ1) is 7.56. The van der Waals surface area contributed by atoms with E-state index in [-0.39, 0.29) is 5.56 Å². The highest BCUT2D eigenvalue weighted by molar-refractivity contribution is 14.1. The van der Waals surface area contributed by atoms with Crippen molar-refractivity contribution >= 4 is 28.6 Å². The Hall–Kier alpha value is -0.820. The molecule has 0 bridgehead atoms. The fraction of sp³-hybridized carbons (Fsp3) is 0.364. The molecule has 0 aliphatic carbocycles. The number of aromatic carboxylic acids is 1. The molecule has 0 aliphatic rings. The summed E-state index contributed by atoms with van der Waals surface area (Å²) in [6.45, 7) is 2.80. The SMILES string of the molecule is COCCOc1c(C)cc(C(=O)O)cc1I. The second-order valence-electron chi connectivity index (χ2n) is 3.25. The van der Waals surface area contributed by atoms with E-state index in [0.29, 0.717) is 13.2 Å². The van der Waals surface area contributed by atoms with Crippen LogP contribution in [0.4, 0.5) is 0 Å². The molecule has 1 N–H and O–H groups in total. The molecule has 0 saturated heterocycles. The number of methoxy groups -OCH3 is 1. The lowest BCUT2D eigenvalue weighted by Crippen LogP contribution is -2.07. The summed E-state index contributed by atoms with van der Waals surface area (Å²) in [6, 6.07) is 3.20. The molecule has 1 rings (SSSR count). The highest BCUT2D eigenvalue weighted by Crippen LogP contribution is 2.27. The van der Waals surface area contributed by atoms with E-state index in [1.807, 2.05) is 6.92 Å². The molecule has 0 spiro atoms. The lowest BCUT2D eigenvalue weighted by molar-refractivity contribution is 0.0696. The Balaban J connectivity index is 2.89. The average molecular weight is 336 g/mol. The minimum absolute atomic E-state index is 0.279. The van der Waals surface area contributed by atoms with Gasteiger partial charge in [-0.15, -0.1) is 0 Å². The fourth-order valence-corrected chi connectivity index (χ4v) is 2.18. The van der Waals surface area contributed by atoms with Crippen LogP contribution < -0.4 is 4.74 Å². The van der Waals surface area contributed by atoms with Gasteiger partial charge in [0.1, 0.15) is 12.4 Å². The number of halogens is 1. The first-order valence-electron chi connectivity index (χ1n) is 4.71. The monoisotopic (exact) mass is 336 g/mol. The van der Waals surface area contributed by atoms with Crippen molar-refractivity contribution in [3.05, 3.63) is 26.8 Å². The molecule has 0 saturated carbocycles. The quantitative estimate of drug-likeness (QED) is 0.662. The standard InChI is InChI=1S/C11H13IO4/c1-7-5-8(11(13)14)6-9(12)10(7)16-4-3-15-2/h5-6H,3-4H2,1-2H3,(H,13,14). The number of rotatable bonds is 5. The lowest BCUT2D eigenvalue weighted by Gasteiger charge is -2.11. The van der Waals surface area contributed by atoms with E-state index < -0.39 is 5.97 Å². The van der Waals surface area contributed by atoms with Crippen molar-refractivity contribution in [3.63, 3.8) is 0 Å². The van der Waals surface area contributed by atoms with Crippen molar-refractivity contribution in [2.24, 2.45) is 0 Å². The van der Waals surface area contributed by atoms with Crippen LogP contribution in [0.5, 0.6) is 5.75 Å². The van der Waals surface area contributed by atoms with Crippen molar-refractivity contribution in [1.82, 2.24) is 0 Å². The molecule has 1 aromatic rings. The molecule has 88 valence electrons. The molecule has 0 atom stereocenters. The minimum Gasteiger partial charge on any atom is -0.490 e. The lowest BCUT2D eigenvalue weighted by atomic mass is 10.1. The van der Waals surface area contributed by atoms with E-state index in [2.05, 4.69) is 22.6 Å². The number of carboxylic acid groups (broad SMARTS) is 1. The van der Waals surface area contributed by atoms with Gasteiger partial charge in [0.25, 0.3) is 0 Å². The van der Waals surface area contributed by atoms with Crippen molar-refractivity contribution < 1.29 is 19.4 Å². The summed E-state index contributed by atoms with van der Waals surface area (Å²) in [5.41, 5.74) is 1.10. The van der Waals surface area contributed by atoms with Crippen molar-refractivity contribution in [2.75, 3.05) is 20.3 Å². The van der Waals surface area contributed by atoms with Gasteiger partial charge in [-0.05, 0) is 47.2 Å². The molecule has 0 radical (unpaired) electrons. The molecule has 0 amide bonds. The third-order valence-corrected chi connectivity index (χ3v) is 2.81. The Morgan fingerprint density at radius 3 is 2.62 bits per heavy atom. The van der Waals surface area contributed by atoms with Crippen LogP contribution >= 0.6 is 22.6 Å². The van der Waals surface area contributed by atoms with Crippen LogP contribution in [0, 0.1) is 10.5 Å². The Morgan fingerprint density at radius 2 is 2.12 bits per heavy atom. The molecule has 1 aromatic carbocycles. The Kier molecular flexibility index (Phi) is 5.01. The molecule has 0 fully saturated rings. The molecule has 0 unspecified atom stereocenters. The number of aryl methyl sites for hydroxylation is 1. The van der Waals surface area contributed by atoms with Crippen LogP contribution in [-0.2, 0) is 4.74 Å². The van der Waals surface area contributed by atoms with Crippen LogP contribution in [0.2, 0.25) is 0 Å². The second-order valence-corrected chi connectivity index (χ2v) is 4.41. The maximum Gasteiger partial charge on any atom is 0.335 e.